The number of benzene rings is 1. The lowest BCUT2D eigenvalue weighted by Gasteiger charge is -2.17. The molecule has 0 bridgehead atoms. The number of aliphatic hydroxyl groups is 1. The minimum Gasteiger partial charge on any atom is -0.477 e. The number of anilines is 2. The summed E-state index contributed by atoms with van der Waals surface area (Å²) < 4.78 is 34.6. The maximum absolute atomic E-state index is 13.2. The minimum atomic E-state index is -3.77. The summed E-state index contributed by atoms with van der Waals surface area (Å²) in [6, 6.07) is 10.5. The van der Waals surface area contributed by atoms with Crippen molar-refractivity contribution in [2.45, 2.75) is 38.7 Å². The summed E-state index contributed by atoms with van der Waals surface area (Å²) >= 11 is 6.41. The Kier molecular flexibility index (Phi) is 6.52. The van der Waals surface area contributed by atoms with E-state index in [9.17, 15) is 13.5 Å². The molecule has 0 saturated heterocycles. The van der Waals surface area contributed by atoms with Gasteiger partial charge in [0.2, 0.25) is 21.9 Å². The summed E-state index contributed by atoms with van der Waals surface area (Å²) in [6.07, 6.45) is 2.92. The highest BCUT2D eigenvalue weighted by Gasteiger charge is 2.22. The van der Waals surface area contributed by atoms with Crippen molar-refractivity contribution in [2.75, 3.05) is 11.9 Å². The van der Waals surface area contributed by atoms with Gasteiger partial charge in [-0.2, -0.15) is 15.1 Å². The molecule has 4 rings (SSSR count). The monoisotopic (exact) mass is 504 g/mol. The molecule has 0 unspecified atom stereocenters. The van der Waals surface area contributed by atoms with Gasteiger partial charge in [-0.15, -0.1) is 0 Å². The van der Waals surface area contributed by atoms with Gasteiger partial charge in [0.05, 0.1) is 41.8 Å². The normalized spacial score (nSPS) is 12.3. The predicted octanol–water partition coefficient (Wildman–Crippen LogP) is 3.57. The van der Waals surface area contributed by atoms with Crippen molar-refractivity contribution >= 4 is 44.3 Å². The molecule has 0 aliphatic carbocycles. The molecule has 0 radical (unpaired) electrons. The van der Waals surface area contributed by atoms with Crippen LogP contribution in [0.25, 0.3) is 11.0 Å². The summed E-state index contributed by atoms with van der Waals surface area (Å²) in [5, 5.41) is 17.9. The predicted molar refractivity (Wildman–Crippen MR) is 130 cm³/mol. The number of aromatic nitrogens is 5. The molecule has 34 heavy (non-hydrogen) atoms. The third-order valence-electron chi connectivity index (χ3n) is 4.81. The number of hydrogen-bond donors (Lipinski definition) is 2. The second kappa shape index (κ2) is 9.24. The van der Waals surface area contributed by atoms with Gasteiger partial charge in [0.1, 0.15) is 0 Å². The van der Waals surface area contributed by atoms with E-state index in [-0.39, 0.29) is 34.9 Å². The molecule has 0 atom stereocenters. The first-order valence-corrected chi connectivity index (χ1v) is 12.6. The van der Waals surface area contributed by atoms with Gasteiger partial charge in [-0.3, -0.25) is 0 Å². The van der Waals surface area contributed by atoms with Crippen molar-refractivity contribution in [3.63, 3.8) is 0 Å². The molecule has 12 heteroatoms. The average Bonchev–Trinajstić information content (AvgIpc) is 3.33. The number of ether oxygens (including phenoxy) is 1. The van der Waals surface area contributed by atoms with Crippen LogP contribution in [0, 0.1) is 0 Å². The zero-order valence-corrected chi connectivity index (χ0v) is 20.5. The van der Waals surface area contributed by atoms with Crippen LogP contribution in [0.4, 0.5) is 11.6 Å². The van der Waals surface area contributed by atoms with Gasteiger partial charge in [0.25, 0.3) is 0 Å². The van der Waals surface area contributed by atoms with Crippen LogP contribution in [-0.2, 0) is 22.3 Å². The molecule has 4 aromatic rings. The molecule has 3 aromatic heterocycles. The lowest BCUT2D eigenvalue weighted by molar-refractivity contribution is 0.0578. The van der Waals surface area contributed by atoms with Gasteiger partial charge in [-0.05, 0) is 32.4 Å². The first kappa shape index (κ1) is 24.0. The van der Waals surface area contributed by atoms with Crippen molar-refractivity contribution in [1.82, 2.24) is 23.7 Å². The van der Waals surface area contributed by atoms with E-state index in [0.717, 1.165) is 3.97 Å². The first-order valence-electron chi connectivity index (χ1n) is 10.6. The third kappa shape index (κ3) is 5.16. The molecule has 1 aromatic carbocycles. The van der Waals surface area contributed by atoms with E-state index >= 15 is 0 Å². The molecule has 10 nitrogen and oxygen atoms in total. The molecule has 0 fully saturated rings. The summed E-state index contributed by atoms with van der Waals surface area (Å²) in [5.41, 5.74) is 0.223. The fourth-order valence-corrected chi connectivity index (χ4v) is 5.00. The lowest BCUT2D eigenvalue weighted by Crippen LogP contribution is -2.26. The van der Waals surface area contributed by atoms with Gasteiger partial charge in [0.15, 0.2) is 10.8 Å². The Labute approximate surface area is 202 Å². The van der Waals surface area contributed by atoms with Gasteiger partial charge >= 0.3 is 0 Å². The van der Waals surface area contributed by atoms with Crippen LogP contribution in [0.1, 0.15) is 26.3 Å². The van der Waals surface area contributed by atoms with Crippen molar-refractivity contribution < 1.29 is 18.3 Å². The zero-order valence-electron chi connectivity index (χ0n) is 18.9. The summed E-state index contributed by atoms with van der Waals surface area (Å²) in [4.78, 5) is 8.84. The van der Waals surface area contributed by atoms with Crippen molar-refractivity contribution in [2.24, 2.45) is 0 Å². The second-order valence-electron chi connectivity index (χ2n) is 8.32. The Morgan fingerprint density at radius 3 is 2.59 bits per heavy atom. The third-order valence-corrected chi connectivity index (χ3v) is 6.80. The molecular weight excluding hydrogens is 480 g/mol. The topological polar surface area (TPSA) is 124 Å². The van der Waals surface area contributed by atoms with Crippen LogP contribution >= 0.6 is 11.6 Å². The molecular formula is C22H25ClN6O4S. The largest absolute Gasteiger partial charge is 0.477 e. The Bertz CT molecular complexity index is 1410. The van der Waals surface area contributed by atoms with Crippen LogP contribution in [0.2, 0.25) is 5.15 Å². The first-order chi connectivity index (χ1) is 16.1. The number of halogens is 1. The number of nitrogens with zero attached hydrogens (tertiary/aromatic N) is 5. The molecule has 0 spiro atoms. The molecule has 2 N–H and O–H groups in total. The SMILES string of the molecule is CCOc1nc(Nc2cnn(CC(C)(C)O)c2Cl)nc2c1ccn2S(=O)(=O)Cc1ccccc1. The maximum atomic E-state index is 13.2. The van der Waals surface area contributed by atoms with E-state index in [1.54, 1.807) is 44.2 Å². The van der Waals surface area contributed by atoms with Crippen LogP contribution in [0.5, 0.6) is 5.88 Å². The molecule has 0 amide bonds. The quantitative estimate of drug-likeness (QED) is 0.354. The Balaban J connectivity index is 1.73. The fourth-order valence-electron chi connectivity index (χ4n) is 3.40. The number of nitrogens with one attached hydrogen (secondary N) is 1. The summed E-state index contributed by atoms with van der Waals surface area (Å²) in [7, 11) is -3.77. The van der Waals surface area contributed by atoms with Gasteiger partial charge in [-0.1, -0.05) is 41.9 Å². The fraction of sp³-hybridized carbons (Fsp3) is 0.318. The zero-order chi connectivity index (χ0) is 24.5. The average molecular weight is 505 g/mol. The highest BCUT2D eigenvalue weighted by molar-refractivity contribution is 7.89. The van der Waals surface area contributed by atoms with Crippen LogP contribution in [0.3, 0.4) is 0 Å². The standard InChI is InChI=1S/C22H25ClN6O4S/c1-4-33-20-16-10-11-29(34(31,32)13-15-8-6-5-7-9-15)19(16)26-21(27-20)25-17-12-24-28(18(17)23)14-22(2,3)30/h5-12,30H,4,13-14H2,1-3H3,(H,25,26,27). The van der Waals surface area contributed by atoms with E-state index in [2.05, 4.69) is 20.4 Å². The number of hydrogen-bond acceptors (Lipinski definition) is 8. The molecule has 180 valence electrons. The lowest BCUT2D eigenvalue weighted by atomic mass is 10.1. The van der Waals surface area contributed by atoms with Crippen LogP contribution in [-0.4, -0.2) is 49.5 Å². The second-order valence-corrected chi connectivity index (χ2v) is 10.5. The minimum absolute atomic E-state index is 0.0931. The van der Waals surface area contributed by atoms with E-state index in [1.807, 2.05) is 13.0 Å². The summed E-state index contributed by atoms with van der Waals surface area (Å²) in [5.74, 6) is 0.142. The Hall–Kier alpha value is -3.15. The van der Waals surface area contributed by atoms with E-state index in [4.69, 9.17) is 16.3 Å². The maximum Gasteiger partial charge on any atom is 0.244 e. The highest BCUT2D eigenvalue weighted by Crippen LogP contribution is 2.30. The van der Waals surface area contributed by atoms with Crippen molar-refractivity contribution in [1.29, 1.82) is 0 Å². The van der Waals surface area contributed by atoms with Gasteiger partial charge < -0.3 is 15.2 Å². The molecule has 0 aliphatic heterocycles. The van der Waals surface area contributed by atoms with Crippen LogP contribution < -0.4 is 10.1 Å². The number of fused-ring (bicyclic) bond motifs is 1. The van der Waals surface area contributed by atoms with Crippen LogP contribution in [0.15, 0.2) is 48.8 Å². The van der Waals surface area contributed by atoms with Gasteiger partial charge in [0, 0.05) is 6.20 Å². The molecule has 0 saturated carbocycles. The van der Waals surface area contributed by atoms with Crippen molar-refractivity contribution in [3.05, 3.63) is 59.5 Å². The van der Waals surface area contributed by atoms with E-state index in [0.29, 0.717) is 23.2 Å². The highest BCUT2D eigenvalue weighted by atomic mass is 35.5. The van der Waals surface area contributed by atoms with E-state index in [1.165, 1.54) is 17.1 Å². The Morgan fingerprint density at radius 1 is 1.18 bits per heavy atom. The van der Waals surface area contributed by atoms with Gasteiger partial charge in [-0.25, -0.2) is 17.1 Å². The molecule has 3 heterocycles. The van der Waals surface area contributed by atoms with E-state index < -0.39 is 15.6 Å². The molecule has 0 aliphatic rings. The Morgan fingerprint density at radius 2 is 1.91 bits per heavy atom. The summed E-state index contributed by atoms with van der Waals surface area (Å²) in [6.45, 7) is 5.61. The number of rotatable bonds is 9. The smallest absolute Gasteiger partial charge is 0.244 e. The van der Waals surface area contributed by atoms with Crippen molar-refractivity contribution in [3.8, 4) is 5.88 Å².